The second-order valence-corrected chi connectivity index (χ2v) is 4.39. The molecule has 0 saturated carbocycles. The molecule has 5 nitrogen and oxygen atoms in total. The fraction of sp³-hybridized carbons (Fsp3) is 0.182. The summed E-state index contributed by atoms with van der Waals surface area (Å²) in [4.78, 5) is 9.41. The van der Waals surface area contributed by atoms with Gasteiger partial charge < -0.3 is 11.1 Å². The van der Waals surface area contributed by atoms with E-state index >= 15 is 0 Å². The van der Waals surface area contributed by atoms with Gasteiger partial charge >= 0.3 is 0 Å². The van der Waals surface area contributed by atoms with E-state index in [4.69, 9.17) is 11.0 Å². The average molecular weight is 245 g/mol. The van der Waals surface area contributed by atoms with E-state index in [1.54, 1.807) is 29.1 Å². The highest BCUT2D eigenvalue weighted by Gasteiger charge is 2.07. The van der Waals surface area contributed by atoms with Crippen LogP contribution in [0.4, 0.5) is 11.5 Å². The van der Waals surface area contributed by atoms with Crippen LogP contribution in [-0.4, -0.2) is 9.97 Å². The van der Waals surface area contributed by atoms with E-state index in [0.717, 1.165) is 10.6 Å². The molecule has 0 aliphatic heterocycles. The first-order valence-corrected chi connectivity index (χ1v) is 5.87. The molecular weight excluding hydrogens is 234 g/mol. The molecule has 2 rings (SSSR count). The third-order valence-electron chi connectivity index (χ3n) is 2.37. The van der Waals surface area contributed by atoms with E-state index in [2.05, 4.69) is 15.3 Å². The molecule has 17 heavy (non-hydrogen) atoms. The number of anilines is 2. The third kappa shape index (κ3) is 2.34. The van der Waals surface area contributed by atoms with Gasteiger partial charge in [0.15, 0.2) is 5.82 Å². The largest absolute Gasteiger partial charge is 0.395 e. The predicted molar refractivity (Wildman–Crippen MR) is 67.5 cm³/mol. The van der Waals surface area contributed by atoms with Gasteiger partial charge in [-0.25, -0.2) is 9.97 Å². The van der Waals surface area contributed by atoms with E-state index in [-0.39, 0.29) is 0 Å². The maximum atomic E-state index is 8.85. The van der Waals surface area contributed by atoms with Crippen molar-refractivity contribution in [2.75, 3.05) is 11.1 Å². The van der Waals surface area contributed by atoms with Crippen molar-refractivity contribution in [3.63, 3.8) is 0 Å². The van der Waals surface area contributed by atoms with Crippen LogP contribution in [0, 0.1) is 18.3 Å². The van der Waals surface area contributed by atoms with Crippen molar-refractivity contribution in [3.05, 3.63) is 33.9 Å². The summed E-state index contributed by atoms with van der Waals surface area (Å²) < 4.78 is 0. The first-order chi connectivity index (χ1) is 8.22. The van der Waals surface area contributed by atoms with Crippen molar-refractivity contribution in [2.45, 2.75) is 13.5 Å². The summed E-state index contributed by atoms with van der Waals surface area (Å²) in [6, 6.07) is 3.62. The standard InChI is InChI=1S/C11H11N5S/c1-7-9(17-6-16-7)5-15-11-10(13)8(4-12)2-3-14-11/h2-3,6H,5,13H2,1H3,(H,14,15). The Morgan fingerprint density at radius 3 is 3.00 bits per heavy atom. The highest BCUT2D eigenvalue weighted by Crippen LogP contribution is 2.21. The number of hydrogen-bond donors (Lipinski definition) is 2. The molecule has 0 aliphatic carbocycles. The monoisotopic (exact) mass is 245 g/mol. The van der Waals surface area contributed by atoms with Crippen LogP contribution in [0.5, 0.6) is 0 Å². The quantitative estimate of drug-likeness (QED) is 0.862. The molecule has 0 amide bonds. The van der Waals surface area contributed by atoms with E-state index in [9.17, 15) is 0 Å². The van der Waals surface area contributed by atoms with Crippen LogP contribution < -0.4 is 11.1 Å². The Morgan fingerprint density at radius 2 is 2.35 bits per heavy atom. The van der Waals surface area contributed by atoms with Crippen molar-refractivity contribution in [3.8, 4) is 6.07 Å². The summed E-state index contributed by atoms with van der Waals surface area (Å²) in [5, 5.41) is 12.0. The molecule has 0 bridgehead atoms. The number of pyridine rings is 1. The Hall–Kier alpha value is -2.13. The lowest BCUT2D eigenvalue weighted by Gasteiger charge is -2.08. The van der Waals surface area contributed by atoms with Crippen LogP contribution in [0.3, 0.4) is 0 Å². The topological polar surface area (TPSA) is 87.6 Å². The predicted octanol–water partition coefficient (Wildman–Crippen LogP) is 1.91. The number of nitrogens with one attached hydrogen (secondary N) is 1. The van der Waals surface area contributed by atoms with Gasteiger partial charge in [-0.2, -0.15) is 5.26 Å². The zero-order valence-electron chi connectivity index (χ0n) is 9.27. The number of hydrogen-bond acceptors (Lipinski definition) is 6. The zero-order chi connectivity index (χ0) is 12.3. The second kappa shape index (κ2) is 4.80. The first-order valence-electron chi connectivity index (χ1n) is 4.99. The molecule has 2 aromatic rings. The van der Waals surface area contributed by atoms with Crippen LogP contribution in [0.1, 0.15) is 16.1 Å². The molecule has 0 aromatic carbocycles. The highest BCUT2D eigenvalue weighted by molar-refractivity contribution is 7.09. The molecule has 0 fully saturated rings. The number of nitrogens with two attached hydrogens (primary N) is 1. The SMILES string of the molecule is Cc1ncsc1CNc1nccc(C#N)c1N. The average Bonchev–Trinajstić information content (AvgIpc) is 2.74. The summed E-state index contributed by atoms with van der Waals surface area (Å²) in [7, 11) is 0. The maximum Gasteiger partial charge on any atom is 0.150 e. The fourth-order valence-corrected chi connectivity index (χ4v) is 2.09. The van der Waals surface area contributed by atoms with Gasteiger partial charge in [-0.3, -0.25) is 0 Å². The van der Waals surface area contributed by atoms with Gasteiger partial charge in [-0.1, -0.05) is 0 Å². The molecular formula is C11H11N5S. The van der Waals surface area contributed by atoms with E-state index in [1.165, 1.54) is 0 Å². The number of aromatic nitrogens is 2. The van der Waals surface area contributed by atoms with Gasteiger partial charge in [-0.15, -0.1) is 11.3 Å². The lowest BCUT2D eigenvalue weighted by atomic mass is 10.2. The molecule has 0 aliphatic rings. The minimum absolute atomic E-state index is 0.386. The number of aryl methyl sites for hydroxylation is 1. The van der Waals surface area contributed by atoms with Crippen LogP contribution in [0.15, 0.2) is 17.8 Å². The summed E-state index contributed by atoms with van der Waals surface area (Å²) in [6.07, 6.45) is 1.57. The summed E-state index contributed by atoms with van der Waals surface area (Å²) >= 11 is 1.58. The Bertz CT molecular complexity index is 569. The molecule has 0 saturated heterocycles. The molecule has 6 heteroatoms. The van der Waals surface area contributed by atoms with Crippen LogP contribution in [0.2, 0.25) is 0 Å². The van der Waals surface area contributed by atoms with E-state index in [1.807, 2.05) is 13.0 Å². The van der Waals surface area contributed by atoms with Gasteiger partial charge in [0.1, 0.15) is 6.07 Å². The Labute approximate surface area is 103 Å². The molecule has 2 heterocycles. The van der Waals surface area contributed by atoms with Crippen molar-refractivity contribution in [2.24, 2.45) is 0 Å². The van der Waals surface area contributed by atoms with E-state index < -0.39 is 0 Å². The zero-order valence-corrected chi connectivity index (χ0v) is 10.1. The lowest BCUT2D eigenvalue weighted by molar-refractivity contribution is 1.10. The van der Waals surface area contributed by atoms with Crippen LogP contribution in [-0.2, 0) is 6.54 Å². The van der Waals surface area contributed by atoms with Gasteiger partial charge in [0.05, 0.1) is 29.0 Å². The van der Waals surface area contributed by atoms with Crippen molar-refractivity contribution in [1.29, 1.82) is 5.26 Å². The summed E-state index contributed by atoms with van der Waals surface area (Å²) in [5.41, 5.74) is 9.43. The molecule has 86 valence electrons. The van der Waals surface area contributed by atoms with Gasteiger partial charge in [0.2, 0.25) is 0 Å². The highest BCUT2D eigenvalue weighted by atomic mass is 32.1. The van der Waals surface area contributed by atoms with Crippen LogP contribution >= 0.6 is 11.3 Å². The molecule has 0 radical (unpaired) electrons. The third-order valence-corrected chi connectivity index (χ3v) is 3.31. The number of thiazole rings is 1. The normalized spacial score (nSPS) is 9.88. The summed E-state index contributed by atoms with van der Waals surface area (Å²) in [6.45, 7) is 2.57. The van der Waals surface area contributed by atoms with Gasteiger partial charge in [-0.05, 0) is 13.0 Å². The Kier molecular flexibility index (Phi) is 3.21. The van der Waals surface area contributed by atoms with Crippen LogP contribution in [0.25, 0.3) is 0 Å². The smallest absolute Gasteiger partial charge is 0.150 e. The second-order valence-electron chi connectivity index (χ2n) is 3.45. The minimum atomic E-state index is 0.386. The number of nitrogens with zero attached hydrogens (tertiary/aromatic N) is 3. The molecule has 0 atom stereocenters. The fourth-order valence-electron chi connectivity index (χ4n) is 1.37. The Balaban J connectivity index is 2.15. The summed E-state index contributed by atoms with van der Waals surface area (Å²) in [5.74, 6) is 0.539. The molecule has 3 N–H and O–H groups in total. The molecule has 2 aromatic heterocycles. The van der Waals surface area contributed by atoms with Gasteiger partial charge in [0, 0.05) is 11.1 Å². The van der Waals surface area contributed by atoms with Crippen molar-refractivity contribution >= 4 is 22.8 Å². The first kappa shape index (κ1) is 11.4. The number of nitriles is 1. The van der Waals surface area contributed by atoms with Crippen molar-refractivity contribution < 1.29 is 0 Å². The number of rotatable bonds is 3. The number of nitrogen functional groups attached to an aromatic ring is 1. The van der Waals surface area contributed by atoms with Gasteiger partial charge in [0.25, 0.3) is 0 Å². The van der Waals surface area contributed by atoms with E-state index in [0.29, 0.717) is 23.6 Å². The van der Waals surface area contributed by atoms with Crippen molar-refractivity contribution in [1.82, 2.24) is 9.97 Å². The molecule has 0 unspecified atom stereocenters. The Morgan fingerprint density at radius 1 is 1.53 bits per heavy atom. The molecule has 0 spiro atoms. The minimum Gasteiger partial charge on any atom is -0.395 e. The maximum absolute atomic E-state index is 8.85. The lowest BCUT2D eigenvalue weighted by Crippen LogP contribution is -2.05.